The Bertz CT molecular complexity index is 310. The molecule has 0 aromatic carbocycles. The zero-order valence-corrected chi connectivity index (χ0v) is 7.78. The van der Waals surface area contributed by atoms with Gasteiger partial charge in [-0.1, -0.05) is 15.9 Å². The highest BCUT2D eigenvalue weighted by atomic mass is 79.9. The van der Waals surface area contributed by atoms with Gasteiger partial charge in [-0.2, -0.15) is 13.2 Å². The lowest BCUT2D eigenvalue weighted by atomic mass is 10.1. The van der Waals surface area contributed by atoms with Crippen LogP contribution in [-0.4, -0.2) is 4.98 Å². The minimum atomic E-state index is -4.56. The van der Waals surface area contributed by atoms with Crippen LogP contribution in [0.15, 0.2) is 12.4 Å². The predicted molar refractivity (Wildman–Crippen MR) is 41.8 cm³/mol. The normalized spacial score (nSPS) is 11.8. The number of pyridine rings is 1. The standard InChI is InChI=1S/C7H4BrF4N/c8-1-4-5(7(10,11)12)2-13-3-6(4)9/h2-3H,1H2. The van der Waals surface area contributed by atoms with E-state index in [4.69, 9.17) is 0 Å². The molecule has 0 aliphatic carbocycles. The molecule has 0 spiro atoms. The first-order valence-corrected chi connectivity index (χ1v) is 4.34. The van der Waals surface area contributed by atoms with E-state index < -0.39 is 23.1 Å². The summed E-state index contributed by atoms with van der Waals surface area (Å²) in [6.45, 7) is 0. The van der Waals surface area contributed by atoms with Gasteiger partial charge in [-0.3, -0.25) is 4.98 Å². The summed E-state index contributed by atoms with van der Waals surface area (Å²) in [5, 5.41) is -0.184. The number of alkyl halides is 4. The number of nitrogens with zero attached hydrogens (tertiary/aromatic N) is 1. The molecule has 0 atom stereocenters. The predicted octanol–water partition coefficient (Wildman–Crippen LogP) is 3.13. The molecule has 6 heteroatoms. The lowest BCUT2D eigenvalue weighted by Crippen LogP contribution is -2.10. The first kappa shape index (κ1) is 10.4. The first-order chi connectivity index (χ1) is 5.96. The van der Waals surface area contributed by atoms with E-state index in [0.29, 0.717) is 6.20 Å². The van der Waals surface area contributed by atoms with Crippen molar-refractivity contribution in [3.8, 4) is 0 Å². The van der Waals surface area contributed by atoms with E-state index in [1.54, 1.807) is 0 Å². The zero-order valence-electron chi connectivity index (χ0n) is 6.20. The average Bonchev–Trinajstić information content (AvgIpc) is 2.02. The maximum Gasteiger partial charge on any atom is 0.418 e. The zero-order chi connectivity index (χ0) is 10.1. The highest BCUT2D eigenvalue weighted by molar-refractivity contribution is 9.08. The lowest BCUT2D eigenvalue weighted by molar-refractivity contribution is -0.138. The highest BCUT2D eigenvalue weighted by Gasteiger charge is 2.34. The Labute approximate surface area is 79.9 Å². The van der Waals surface area contributed by atoms with E-state index in [0.717, 1.165) is 6.20 Å². The van der Waals surface area contributed by atoms with Gasteiger partial charge in [0.15, 0.2) is 0 Å². The van der Waals surface area contributed by atoms with Crippen molar-refractivity contribution in [3.05, 3.63) is 29.3 Å². The van der Waals surface area contributed by atoms with Crippen LogP contribution in [-0.2, 0) is 11.5 Å². The third kappa shape index (κ3) is 2.18. The van der Waals surface area contributed by atoms with Gasteiger partial charge in [-0.05, 0) is 0 Å². The Balaban J connectivity index is 3.29. The molecule has 0 unspecified atom stereocenters. The van der Waals surface area contributed by atoms with Crippen LogP contribution in [0.2, 0.25) is 0 Å². The van der Waals surface area contributed by atoms with E-state index in [-0.39, 0.29) is 5.33 Å². The van der Waals surface area contributed by atoms with Gasteiger partial charge in [-0.25, -0.2) is 4.39 Å². The molecular formula is C7H4BrF4N. The average molecular weight is 258 g/mol. The number of halogens is 5. The van der Waals surface area contributed by atoms with E-state index in [9.17, 15) is 17.6 Å². The second-order valence-corrected chi connectivity index (χ2v) is 2.84. The molecule has 1 rings (SSSR count). The van der Waals surface area contributed by atoms with Crippen LogP contribution in [0.25, 0.3) is 0 Å². The fourth-order valence-corrected chi connectivity index (χ4v) is 1.41. The van der Waals surface area contributed by atoms with Crippen LogP contribution in [0.4, 0.5) is 17.6 Å². The Kier molecular flexibility index (Phi) is 2.90. The molecule has 0 fully saturated rings. The summed E-state index contributed by atoms with van der Waals surface area (Å²) < 4.78 is 49.4. The summed E-state index contributed by atoms with van der Waals surface area (Å²) >= 11 is 2.78. The molecule has 1 aromatic rings. The maximum absolute atomic E-state index is 12.8. The molecule has 1 nitrogen and oxygen atoms in total. The summed E-state index contributed by atoms with van der Waals surface area (Å²) in [5.41, 5.74) is -1.45. The van der Waals surface area contributed by atoms with Gasteiger partial charge in [0.05, 0.1) is 11.8 Å². The molecule has 0 saturated heterocycles. The molecule has 0 bridgehead atoms. The summed E-state index contributed by atoms with van der Waals surface area (Å²) in [7, 11) is 0. The van der Waals surface area contributed by atoms with Crippen LogP contribution < -0.4 is 0 Å². The Morgan fingerprint density at radius 2 is 1.92 bits per heavy atom. The molecule has 1 aromatic heterocycles. The van der Waals surface area contributed by atoms with E-state index in [1.165, 1.54) is 0 Å². The smallest absolute Gasteiger partial charge is 0.261 e. The molecular weight excluding hydrogens is 254 g/mol. The SMILES string of the molecule is Fc1cncc(C(F)(F)F)c1CBr. The summed E-state index contributed by atoms with van der Waals surface area (Å²) in [6, 6.07) is 0. The van der Waals surface area contributed by atoms with Gasteiger partial charge < -0.3 is 0 Å². The molecule has 13 heavy (non-hydrogen) atoms. The summed E-state index contributed by atoms with van der Waals surface area (Å²) in [5.74, 6) is -0.952. The van der Waals surface area contributed by atoms with Crippen LogP contribution >= 0.6 is 15.9 Å². The molecule has 0 saturated carbocycles. The van der Waals surface area contributed by atoms with Gasteiger partial charge in [0.25, 0.3) is 0 Å². The van der Waals surface area contributed by atoms with Crippen molar-refractivity contribution in [2.75, 3.05) is 0 Å². The number of aromatic nitrogens is 1. The van der Waals surface area contributed by atoms with E-state index >= 15 is 0 Å². The van der Waals surface area contributed by atoms with Gasteiger partial charge in [0, 0.05) is 17.1 Å². The summed E-state index contributed by atoms with van der Waals surface area (Å²) in [6.07, 6.45) is -3.19. The van der Waals surface area contributed by atoms with Crippen LogP contribution in [0, 0.1) is 5.82 Å². The molecule has 0 amide bonds. The van der Waals surface area contributed by atoms with Crippen molar-refractivity contribution >= 4 is 15.9 Å². The molecule has 0 aliphatic heterocycles. The first-order valence-electron chi connectivity index (χ1n) is 3.22. The van der Waals surface area contributed by atoms with Crippen molar-refractivity contribution in [1.29, 1.82) is 0 Å². The molecule has 0 N–H and O–H groups in total. The quantitative estimate of drug-likeness (QED) is 0.557. The molecule has 0 radical (unpaired) electrons. The van der Waals surface area contributed by atoms with Crippen molar-refractivity contribution in [3.63, 3.8) is 0 Å². The fourth-order valence-electron chi connectivity index (χ4n) is 0.842. The summed E-state index contributed by atoms with van der Waals surface area (Å²) in [4.78, 5) is 3.14. The van der Waals surface area contributed by atoms with Crippen LogP contribution in [0.3, 0.4) is 0 Å². The van der Waals surface area contributed by atoms with Gasteiger partial charge in [0.1, 0.15) is 5.82 Å². The fraction of sp³-hybridized carbons (Fsp3) is 0.286. The monoisotopic (exact) mass is 257 g/mol. The van der Waals surface area contributed by atoms with E-state index in [2.05, 4.69) is 20.9 Å². The van der Waals surface area contributed by atoms with Gasteiger partial charge in [0.2, 0.25) is 0 Å². The van der Waals surface area contributed by atoms with Crippen LogP contribution in [0.1, 0.15) is 11.1 Å². The Hall–Kier alpha value is -0.650. The molecule has 1 heterocycles. The minimum absolute atomic E-state index is 0.184. The van der Waals surface area contributed by atoms with Crippen LogP contribution in [0.5, 0.6) is 0 Å². The van der Waals surface area contributed by atoms with Crippen molar-refractivity contribution in [2.24, 2.45) is 0 Å². The van der Waals surface area contributed by atoms with Gasteiger partial charge >= 0.3 is 6.18 Å². The number of hydrogen-bond acceptors (Lipinski definition) is 1. The second kappa shape index (κ2) is 3.61. The van der Waals surface area contributed by atoms with Crippen molar-refractivity contribution < 1.29 is 17.6 Å². The number of hydrogen-bond donors (Lipinski definition) is 0. The van der Waals surface area contributed by atoms with E-state index in [1.807, 2.05) is 0 Å². The Morgan fingerprint density at radius 1 is 1.31 bits per heavy atom. The molecule has 72 valence electrons. The largest absolute Gasteiger partial charge is 0.418 e. The van der Waals surface area contributed by atoms with Gasteiger partial charge in [-0.15, -0.1) is 0 Å². The number of rotatable bonds is 1. The minimum Gasteiger partial charge on any atom is -0.261 e. The third-order valence-corrected chi connectivity index (χ3v) is 2.00. The lowest BCUT2D eigenvalue weighted by Gasteiger charge is -2.10. The Morgan fingerprint density at radius 3 is 2.31 bits per heavy atom. The topological polar surface area (TPSA) is 12.9 Å². The molecule has 0 aliphatic rings. The highest BCUT2D eigenvalue weighted by Crippen LogP contribution is 2.33. The van der Waals surface area contributed by atoms with Crippen molar-refractivity contribution in [1.82, 2.24) is 4.98 Å². The van der Waals surface area contributed by atoms with Crippen molar-refractivity contribution in [2.45, 2.75) is 11.5 Å². The second-order valence-electron chi connectivity index (χ2n) is 2.28. The maximum atomic E-state index is 12.8. The third-order valence-electron chi connectivity index (χ3n) is 1.44.